The third kappa shape index (κ3) is 3.24. The van der Waals surface area contributed by atoms with Crippen LogP contribution in [-0.4, -0.2) is 47.8 Å². The van der Waals surface area contributed by atoms with Gasteiger partial charge in [-0.3, -0.25) is 14.3 Å². The standard InChI is InChI=1S/C17H20N8O2/c1-4-20-13(14(26)9(3)18)17-22-16(23-24-17)12-6-10(15(19)27)11-5-8(2)21-7-25(11)12/h5-7,18,20,26H,4H2,1-3H3,(H2,19,27)(H,22,23,24)/b14-13+,18-9?. The zero-order valence-corrected chi connectivity index (χ0v) is 15.2. The predicted octanol–water partition coefficient (Wildman–Crippen LogP) is 1.40. The fraction of sp³-hybridized carbons (Fsp3) is 0.235. The van der Waals surface area contributed by atoms with E-state index in [-0.39, 0.29) is 23.0 Å². The van der Waals surface area contributed by atoms with E-state index >= 15 is 0 Å². The highest BCUT2D eigenvalue weighted by Gasteiger charge is 2.20. The van der Waals surface area contributed by atoms with E-state index in [9.17, 15) is 9.90 Å². The minimum Gasteiger partial charge on any atom is -0.504 e. The molecular weight excluding hydrogens is 348 g/mol. The molecule has 6 N–H and O–H groups in total. The molecule has 0 saturated carbocycles. The number of aryl methyl sites for hydroxylation is 1. The van der Waals surface area contributed by atoms with Gasteiger partial charge in [-0.25, -0.2) is 9.97 Å². The van der Waals surface area contributed by atoms with Gasteiger partial charge in [0.2, 0.25) is 5.82 Å². The monoisotopic (exact) mass is 368 g/mol. The van der Waals surface area contributed by atoms with Crippen molar-refractivity contribution in [2.24, 2.45) is 5.73 Å². The Balaban J connectivity index is 2.16. The normalized spacial score (nSPS) is 12.1. The Bertz CT molecular complexity index is 1080. The van der Waals surface area contributed by atoms with Crippen LogP contribution in [0.1, 0.15) is 35.7 Å². The highest BCUT2D eigenvalue weighted by Crippen LogP contribution is 2.25. The first-order valence-electron chi connectivity index (χ1n) is 8.26. The second kappa shape index (κ2) is 6.90. The first kappa shape index (κ1) is 18.1. The zero-order chi connectivity index (χ0) is 19.7. The van der Waals surface area contributed by atoms with Crippen molar-refractivity contribution in [2.75, 3.05) is 6.54 Å². The van der Waals surface area contributed by atoms with Gasteiger partial charge >= 0.3 is 0 Å². The van der Waals surface area contributed by atoms with Crippen molar-refractivity contribution in [3.05, 3.63) is 41.3 Å². The van der Waals surface area contributed by atoms with E-state index in [0.717, 1.165) is 5.69 Å². The first-order valence-corrected chi connectivity index (χ1v) is 8.26. The number of aliphatic hydroxyl groups is 1. The number of aliphatic hydroxyl groups excluding tert-OH is 1. The molecule has 0 fully saturated rings. The molecule has 3 aromatic rings. The third-order valence-electron chi connectivity index (χ3n) is 3.96. The number of allylic oxidation sites excluding steroid dienone is 1. The van der Waals surface area contributed by atoms with E-state index < -0.39 is 5.91 Å². The van der Waals surface area contributed by atoms with Crippen LogP contribution in [0.15, 0.2) is 24.2 Å². The Kier molecular flexibility index (Phi) is 4.63. The molecule has 0 saturated heterocycles. The van der Waals surface area contributed by atoms with Gasteiger partial charge in [0, 0.05) is 12.2 Å². The van der Waals surface area contributed by atoms with Crippen LogP contribution in [0, 0.1) is 12.3 Å². The Morgan fingerprint density at radius 2 is 2.19 bits per heavy atom. The van der Waals surface area contributed by atoms with Crippen molar-refractivity contribution >= 4 is 22.8 Å². The van der Waals surface area contributed by atoms with Crippen molar-refractivity contribution in [3.63, 3.8) is 0 Å². The molecule has 140 valence electrons. The molecule has 27 heavy (non-hydrogen) atoms. The van der Waals surface area contributed by atoms with Crippen LogP contribution in [0.25, 0.3) is 22.7 Å². The fourth-order valence-corrected chi connectivity index (χ4v) is 2.70. The van der Waals surface area contributed by atoms with E-state index in [2.05, 4.69) is 25.5 Å². The van der Waals surface area contributed by atoms with Crippen molar-refractivity contribution in [1.29, 1.82) is 5.41 Å². The predicted molar refractivity (Wildman–Crippen MR) is 100 cm³/mol. The second-order valence-corrected chi connectivity index (χ2v) is 5.98. The Hall–Kier alpha value is -3.69. The quantitative estimate of drug-likeness (QED) is 0.327. The van der Waals surface area contributed by atoms with E-state index in [1.807, 2.05) is 13.8 Å². The summed E-state index contributed by atoms with van der Waals surface area (Å²) < 4.78 is 1.69. The average molecular weight is 368 g/mol. The fourth-order valence-electron chi connectivity index (χ4n) is 2.70. The number of primary amides is 1. The topological polar surface area (TPSA) is 158 Å². The van der Waals surface area contributed by atoms with Gasteiger partial charge in [0.1, 0.15) is 5.70 Å². The number of H-pyrrole nitrogens is 1. The van der Waals surface area contributed by atoms with Gasteiger partial charge in [-0.15, -0.1) is 0 Å². The Morgan fingerprint density at radius 3 is 2.81 bits per heavy atom. The van der Waals surface area contributed by atoms with Gasteiger partial charge in [0.25, 0.3) is 5.91 Å². The van der Waals surface area contributed by atoms with Crippen molar-refractivity contribution in [3.8, 4) is 11.5 Å². The number of hydrogen-bond acceptors (Lipinski definition) is 7. The number of fused-ring (bicyclic) bond motifs is 1. The second-order valence-electron chi connectivity index (χ2n) is 5.98. The van der Waals surface area contributed by atoms with Gasteiger partial charge in [0.05, 0.1) is 28.8 Å². The molecule has 10 nitrogen and oxygen atoms in total. The highest BCUT2D eigenvalue weighted by atomic mass is 16.3. The molecule has 0 aliphatic rings. The number of carbonyl (C=O) groups excluding carboxylic acids is 1. The molecule has 0 spiro atoms. The SMILES string of the molecule is CCN/C(=C(/O)C(C)=N)c1n[nH]c(-c2cc(C(N)=O)c3cc(C)ncn23)n1. The lowest BCUT2D eigenvalue weighted by molar-refractivity contribution is 0.100. The molecule has 0 aliphatic heterocycles. The molecule has 0 atom stereocenters. The van der Waals surface area contributed by atoms with Gasteiger partial charge in [-0.1, -0.05) is 0 Å². The summed E-state index contributed by atoms with van der Waals surface area (Å²) >= 11 is 0. The van der Waals surface area contributed by atoms with E-state index in [0.29, 0.717) is 29.1 Å². The number of hydrogen-bond donors (Lipinski definition) is 5. The van der Waals surface area contributed by atoms with Crippen LogP contribution in [-0.2, 0) is 0 Å². The lowest BCUT2D eigenvalue weighted by atomic mass is 10.2. The molecule has 0 aliphatic carbocycles. The summed E-state index contributed by atoms with van der Waals surface area (Å²) in [6, 6.07) is 3.37. The zero-order valence-electron chi connectivity index (χ0n) is 15.2. The highest BCUT2D eigenvalue weighted by molar-refractivity contribution is 6.02. The summed E-state index contributed by atoms with van der Waals surface area (Å²) in [6.07, 6.45) is 1.58. The van der Waals surface area contributed by atoms with Crippen LogP contribution in [0.5, 0.6) is 0 Å². The van der Waals surface area contributed by atoms with E-state index in [1.54, 1.807) is 22.9 Å². The van der Waals surface area contributed by atoms with Crippen molar-refractivity contribution < 1.29 is 9.90 Å². The Morgan fingerprint density at radius 1 is 1.44 bits per heavy atom. The van der Waals surface area contributed by atoms with Crippen LogP contribution in [0.3, 0.4) is 0 Å². The summed E-state index contributed by atoms with van der Waals surface area (Å²) in [7, 11) is 0. The first-order chi connectivity index (χ1) is 12.8. The van der Waals surface area contributed by atoms with Gasteiger partial charge < -0.3 is 21.6 Å². The summed E-state index contributed by atoms with van der Waals surface area (Å²) in [4.78, 5) is 20.5. The number of carbonyl (C=O) groups is 1. The number of nitrogens with two attached hydrogens (primary N) is 1. The number of nitrogens with one attached hydrogen (secondary N) is 3. The summed E-state index contributed by atoms with van der Waals surface area (Å²) in [5, 5.41) is 27.7. The molecule has 3 heterocycles. The van der Waals surface area contributed by atoms with Gasteiger partial charge in [-0.2, -0.15) is 5.10 Å². The van der Waals surface area contributed by atoms with Crippen molar-refractivity contribution in [2.45, 2.75) is 20.8 Å². The molecule has 0 unspecified atom stereocenters. The minimum atomic E-state index is -0.561. The number of aromatic amines is 1. The summed E-state index contributed by atoms with van der Waals surface area (Å²) in [6.45, 7) is 5.65. The molecular formula is C17H20N8O2. The molecule has 3 rings (SSSR count). The average Bonchev–Trinajstić information content (AvgIpc) is 3.23. The maximum atomic E-state index is 11.8. The van der Waals surface area contributed by atoms with Crippen LogP contribution < -0.4 is 11.1 Å². The lowest BCUT2D eigenvalue weighted by Crippen LogP contribution is -2.17. The maximum absolute atomic E-state index is 11.8. The van der Waals surface area contributed by atoms with E-state index in [1.165, 1.54) is 6.92 Å². The molecule has 3 aromatic heterocycles. The third-order valence-corrected chi connectivity index (χ3v) is 3.96. The molecule has 0 bridgehead atoms. The largest absolute Gasteiger partial charge is 0.504 e. The molecule has 10 heteroatoms. The van der Waals surface area contributed by atoms with Crippen molar-refractivity contribution in [1.82, 2.24) is 29.9 Å². The van der Waals surface area contributed by atoms with Crippen LogP contribution >= 0.6 is 0 Å². The minimum absolute atomic E-state index is 0.0128. The number of aromatic nitrogens is 5. The summed E-state index contributed by atoms with van der Waals surface area (Å²) in [5.74, 6) is -0.234. The smallest absolute Gasteiger partial charge is 0.250 e. The maximum Gasteiger partial charge on any atom is 0.250 e. The summed E-state index contributed by atoms with van der Waals surface area (Å²) in [5.41, 5.74) is 7.98. The number of amides is 1. The molecule has 1 amide bonds. The van der Waals surface area contributed by atoms with Gasteiger partial charge in [0.15, 0.2) is 11.6 Å². The lowest BCUT2D eigenvalue weighted by Gasteiger charge is -2.07. The van der Waals surface area contributed by atoms with Crippen LogP contribution in [0.4, 0.5) is 0 Å². The number of rotatable bonds is 6. The van der Waals surface area contributed by atoms with E-state index in [4.69, 9.17) is 11.1 Å². The molecule has 0 aromatic carbocycles. The molecule has 0 radical (unpaired) electrons. The number of nitrogens with zero attached hydrogens (tertiary/aromatic N) is 4. The van der Waals surface area contributed by atoms with Crippen LogP contribution in [0.2, 0.25) is 0 Å². The van der Waals surface area contributed by atoms with Gasteiger partial charge in [-0.05, 0) is 32.9 Å². The Labute approximate surface area is 154 Å².